The first-order valence-electron chi connectivity index (χ1n) is 6.91. The summed E-state index contributed by atoms with van der Waals surface area (Å²) in [4.78, 5) is 28.1. The van der Waals surface area contributed by atoms with Crippen molar-refractivity contribution < 1.29 is 14.7 Å². The number of carbonyl (C=O) groups is 2. The number of amides is 2. The van der Waals surface area contributed by atoms with E-state index in [0.717, 1.165) is 13.1 Å². The Balaban J connectivity index is 2.07. The largest absolute Gasteiger partial charge is 0.391 e. The molecule has 2 N–H and O–H groups in total. The van der Waals surface area contributed by atoms with Crippen LogP contribution >= 0.6 is 0 Å². The quantitative estimate of drug-likeness (QED) is 0.692. The number of nitrogens with one attached hydrogen (secondary N) is 1. The van der Waals surface area contributed by atoms with Crippen LogP contribution in [0.3, 0.4) is 0 Å². The van der Waals surface area contributed by atoms with Gasteiger partial charge in [0.05, 0.1) is 6.10 Å². The lowest BCUT2D eigenvalue weighted by molar-refractivity contribution is -0.155. The number of piperazine rings is 2. The summed E-state index contributed by atoms with van der Waals surface area (Å²) >= 11 is 0. The molecule has 6 nitrogen and oxygen atoms in total. The minimum Gasteiger partial charge on any atom is -0.391 e. The molecule has 2 saturated heterocycles. The van der Waals surface area contributed by atoms with Gasteiger partial charge in [0.2, 0.25) is 11.8 Å². The zero-order valence-electron chi connectivity index (χ0n) is 11.8. The van der Waals surface area contributed by atoms with E-state index in [9.17, 15) is 14.7 Å². The lowest BCUT2D eigenvalue weighted by Gasteiger charge is -2.46. The van der Waals surface area contributed by atoms with Crippen LogP contribution in [-0.2, 0) is 9.59 Å². The van der Waals surface area contributed by atoms with Crippen molar-refractivity contribution in [2.45, 2.75) is 39.0 Å². The summed E-state index contributed by atoms with van der Waals surface area (Å²) in [6, 6.07) is -1.20. The summed E-state index contributed by atoms with van der Waals surface area (Å²) < 4.78 is 0. The van der Waals surface area contributed by atoms with Gasteiger partial charge in [0, 0.05) is 26.2 Å². The number of carbonyl (C=O) groups excluding carboxylic acids is 2. The Morgan fingerprint density at radius 1 is 1.32 bits per heavy atom. The Morgan fingerprint density at radius 3 is 2.58 bits per heavy atom. The highest BCUT2D eigenvalue weighted by molar-refractivity contribution is 5.97. The molecule has 2 fully saturated rings. The minimum atomic E-state index is -0.855. The van der Waals surface area contributed by atoms with Crippen LogP contribution in [-0.4, -0.2) is 71.1 Å². The third kappa shape index (κ3) is 2.90. The number of aliphatic hydroxyl groups is 1. The highest BCUT2D eigenvalue weighted by atomic mass is 16.3. The normalized spacial score (nSPS) is 30.3. The molecule has 0 aromatic rings. The van der Waals surface area contributed by atoms with Crippen LogP contribution in [0.4, 0.5) is 0 Å². The van der Waals surface area contributed by atoms with E-state index < -0.39 is 18.2 Å². The van der Waals surface area contributed by atoms with Gasteiger partial charge in [-0.15, -0.1) is 0 Å². The molecule has 2 aliphatic heterocycles. The molecular formula is C13H23N3O3. The molecular weight excluding hydrogens is 246 g/mol. The van der Waals surface area contributed by atoms with Gasteiger partial charge in [-0.3, -0.25) is 14.5 Å². The molecule has 0 aliphatic carbocycles. The topological polar surface area (TPSA) is 72.9 Å². The van der Waals surface area contributed by atoms with Crippen molar-refractivity contribution in [2.24, 2.45) is 5.92 Å². The molecule has 0 spiro atoms. The molecule has 0 bridgehead atoms. The number of nitrogens with zero attached hydrogens (tertiary/aromatic N) is 2. The van der Waals surface area contributed by atoms with Crippen molar-refractivity contribution in [1.29, 1.82) is 0 Å². The van der Waals surface area contributed by atoms with E-state index in [0.29, 0.717) is 19.0 Å². The van der Waals surface area contributed by atoms with Crippen molar-refractivity contribution in [3.8, 4) is 0 Å². The van der Waals surface area contributed by atoms with Crippen LogP contribution in [0.15, 0.2) is 0 Å². The summed E-state index contributed by atoms with van der Waals surface area (Å²) in [5.41, 5.74) is 0. The summed E-state index contributed by atoms with van der Waals surface area (Å²) in [7, 11) is 0. The maximum absolute atomic E-state index is 12.2. The molecule has 0 aromatic carbocycles. The molecule has 2 aliphatic rings. The van der Waals surface area contributed by atoms with Crippen LogP contribution in [0.5, 0.6) is 0 Å². The Hall–Kier alpha value is -1.14. The summed E-state index contributed by atoms with van der Waals surface area (Å²) in [5.74, 6) is 0.224. The van der Waals surface area contributed by atoms with Gasteiger partial charge >= 0.3 is 0 Å². The monoisotopic (exact) mass is 269 g/mol. The highest BCUT2D eigenvalue weighted by Crippen LogP contribution is 2.18. The third-order valence-electron chi connectivity index (χ3n) is 3.72. The van der Waals surface area contributed by atoms with Gasteiger partial charge in [-0.1, -0.05) is 13.8 Å². The third-order valence-corrected chi connectivity index (χ3v) is 3.72. The zero-order chi connectivity index (χ0) is 14.2. The number of aliphatic hydroxyl groups excluding tert-OH is 1. The highest BCUT2D eigenvalue weighted by Gasteiger charge is 2.44. The van der Waals surface area contributed by atoms with E-state index in [1.807, 2.05) is 0 Å². The van der Waals surface area contributed by atoms with Crippen LogP contribution in [0.25, 0.3) is 0 Å². The second-order valence-electron chi connectivity index (χ2n) is 5.93. The predicted octanol–water partition coefficient (Wildman–Crippen LogP) is -0.966. The van der Waals surface area contributed by atoms with E-state index in [4.69, 9.17) is 0 Å². The average molecular weight is 269 g/mol. The molecule has 0 aromatic heterocycles. The smallest absolute Gasteiger partial charge is 0.248 e. The van der Waals surface area contributed by atoms with Gasteiger partial charge in [-0.2, -0.15) is 0 Å². The van der Waals surface area contributed by atoms with Gasteiger partial charge in [0.25, 0.3) is 0 Å². The van der Waals surface area contributed by atoms with E-state index in [1.54, 1.807) is 4.90 Å². The fourth-order valence-electron chi connectivity index (χ4n) is 2.83. The van der Waals surface area contributed by atoms with E-state index in [-0.39, 0.29) is 11.8 Å². The molecule has 19 heavy (non-hydrogen) atoms. The molecule has 0 saturated carbocycles. The summed E-state index contributed by atoms with van der Waals surface area (Å²) in [6.45, 7) is 8.68. The molecule has 6 heteroatoms. The Morgan fingerprint density at radius 2 is 2.00 bits per heavy atom. The number of hydrogen-bond donors (Lipinski definition) is 2. The average Bonchev–Trinajstić information content (AvgIpc) is 2.32. The molecule has 0 unspecified atom stereocenters. The number of fused-ring (bicyclic) bond motifs is 1. The first-order valence-corrected chi connectivity index (χ1v) is 6.91. The van der Waals surface area contributed by atoms with Crippen LogP contribution in [0, 0.1) is 5.92 Å². The van der Waals surface area contributed by atoms with Crippen LogP contribution < -0.4 is 5.32 Å². The van der Waals surface area contributed by atoms with E-state index in [2.05, 4.69) is 24.1 Å². The van der Waals surface area contributed by atoms with Crippen molar-refractivity contribution in [3.63, 3.8) is 0 Å². The second kappa shape index (κ2) is 5.46. The van der Waals surface area contributed by atoms with Crippen LogP contribution in [0.1, 0.15) is 20.8 Å². The standard InChI is InChI=1S/C13H23N3O3/c1-8(2)6-15-4-5-16-10(7-15)12(18)14-11(9(3)17)13(16)19/h8-11,17H,4-7H2,1-3H3,(H,14,18)/t9-,10-,11+/m1/s1. The van der Waals surface area contributed by atoms with E-state index in [1.165, 1.54) is 6.92 Å². The van der Waals surface area contributed by atoms with Crippen LogP contribution in [0.2, 0.25) is 0 Å². The van der Waals surface area contributed by atoms with Gasteiger partial charge in [0.15, 0.2) is 0 Å². The summed E-state index contributed by atoms with van der Waals surface area (Å²) in [6.07, 6.45) is -0.855. The maximum atomic E-state index is 12.2. The zero-order valence-corrected chi connectivity index (χ0v) is 11.8. The van der Waals surface area contributed by atoms with Gasteiger partial charge in [-0.05, 0) is 12.8 Å². The fourth-order valence-corrected chi connectivity index (χ4v) is 2.83. The molecule has 2 heterocycles. The first kappa shape index (κ1) is 14.3. The Bertz CT molecular complexity index is 370. The Labute approximate surface area is 113 Å². The molecule has 2 rings (SSSR count). The lowest BCUT2D eigenvalue weighted by atomic mass is 10.0. The lowest BCUT2D eigenvalue weighted by Crippen LogP contribution is -2.71. The summed E-state index contributed by atoms with van der Waals surface area (Å²) in [5, 5.41) is 12.2. The van der Waals surface area contributed by atoms with Crippen molar-refractivity contribution in [1.82, 2.24) is 15.1 Å². The Kier molecular flexibility index (Phi) is 4.10. The SMILES string of the molecule is CC(C)CN1CCN2C(=O)[C@H]([C@@H](C)O)NC(=O)[C@H]2C1. The van der Waals surface area contributed by atoms with Crippen molar-refractivity contribution >= 4 is 11.8 Å². The number of rotatable bonds is 3. The molecule has 0 radical (unpaired) electrons. The minimum absolute atomic E-state index is 0.154. The van der Waals surface area contributed by atoms with Gasteiger partial charge in [-0.25, -0.2) is 0 Å². The molecule has 2 amide bonds. The first-order chi connectivity index (χ1) is 8.90. The predicted molar refractivity (Wildman–Crippen MR) is 70.4 cm³/mol. The molecule has 3 atom stereocenters. The maximum Gasteiger partial charge on any atom is 0.248 e. The van der Waals surface area contributed by atoms with Crippen molar-refractivity contribution in [3.05, 3.63) is 0 Å². The van der Waals surface area contributed by atoms with Gasteiger partial charge < -0.3 is 15.3 Å². The fraction of sp³-hybridized carbons (Fsp3) is 0.846. The van der Waals surface area contributed by atoms with Gasteiger partial charge in [0.1, 0.15) is 12.1 Å². The van der Waals surface area contributed by atoms with E-state index >= 15 is 0 Å². The molecule has 108 valence electrons. The second-order valence-corrected chi connectivity index (χ2v) is 5.93. The van der Waals surface area contributed by atoms with Crippen molar-refractivity contribution in [2.75, 3.05) is 26.2 Å². The number of hydrogen-bond acceptors (Lipinski definition) is 4.